The predicted octanol–water partition coefficient (Wildman–Crippen LogP) is 4.17. The Labute approximate surface area is 213 Å². The molecule has 1 N–H and O–H groups in total. The van der Waals surface area contributed by atoms with Crippen LogP contribution < -0.4 is 14.2 Å². The third-order valence-electron chi connectivity index (χ3n) is 6.58. The Kier molecular flexibility index (Phi) is 8.98. The number of aliphatic hydroxyl groups excluding tert-OH is 1. The number of carbonyl (C=O) groups excluding carboxylic acids is 2. The van der Waals surface area contributed by atoms with Crippen molar-refractivity contribution < 1.29 is 28.9 Å². The Morgan fingerprint density at radius 2 is 1.69 bits per heavy atom. The van der Waals surface area contributed by atoms with Crippen molar-refractivity contribution in [2.24, 2.45) is 0 Å². The van der Waals surface area contributed by atoms with Gasteiger partial charge in [0, 0.05) is 18.7 Å². The molecule has 3 rings (SSSR count). The average Bonchev–Trinajstić information content (AvgIpc) is 3.13. The fourth-order valence-corrected chi connectivity index (χ4v) is 4.57. The molecule has 0 aliphatic carbocycles. The fourth-order valence-electron chi connectivity index (χ4n) is 4.57. The number of benzene rings is 2. The number of likely N-dealkylation sites (tertiary alicyclic amines) is 1. The third-order valence-corrected chi connectivity index (χ3v) is 6.58. The van der Waals surface area contributed by atoms with Gasteiger partial charge in [-0.1, -0.05) is 19.9 Å². The monoisotopic (exact) mass is 496 g/mol. The van der Waals surface area contributed by atoms with Gasteiger partial charge in [0.25, 0.3) is 11.7 Å². The molecule has 0 saturated carbocycles. The second-order valence-corrected chi connectivity index (χ2v) is 8.54. The summed E-state index contributed by atoms with van der Waals surface area (Å²) in [4.78, 5) is 30.3. The van der Waals surface area contributed by atoms with Crippen molar-refractivity contribution in [3.05, 3.63) is 58.7 Å². The minimum atomic E-state index is -0.772. The largest absolute Gasteiger partial charge is 0.507 e. The summed E-state index contributed by atoms with van der Waals surface area (Å²) in [5.41, 5.74) is 1.92. The molecule has 1 atom stereocenters. The van der Waals surface area contributed by atoms with E-state index in [2.05, 4.69) is 18.7 Å². The van der Waals surface area contributed by atoms with Crippen LogP contribution in [0, 0.1) is 6.92 Å². The number of aliphatic hydroxyl groups is 1. The molecular formula is C28H36N2O6. The highest BCUT2D eigenvalue weighted by Gasteiger charge is 2.46. The molecule has 0 spiro atoms. The van der Waals surface area contributed by atoms with Crippen LogP contribution in [0.3, 0.4) is 0 Å². The van der Waals surface area contributed by atoms with Crippen molar-refractivity contribution >= 4 is 17.4 Å². The molecule has 0 bridgehead atoms. The highest BCUT2D eigenvalue weighted by molar-refractivity contribution is 6.46. The van der Waals surface area contributed by atoms with E-state index in [4.69, 9.17) is 14.2 Å². The Bertz CT molecular complexity index is 1140. The number of hydrogen-bond donors (Lipinski definition) is 1. The number of likely N-dealkylation sites (N-methyl/N-ethyl adjacent to an activating group) is 1. The minimum absolute atomic E-state index is 0.0547. The summed E-state index contributed by atoms with van der Waals surface area (Å²) in [5, 5.41) is 11.4. The van der Waals surface area contributed by atoms with E-state index in [1.807, 2.05) is 13.8 Å². The van der Waals surface area contributed by atoms with Gasteiger partial charge < -0.3 is 29.1 Å². The molecule has 1 aliphatic rings. The van der Waals surface area contributed by atoms with Crippen molar-refractivity contribution in [3.8, 4) is 17.2 Å². The van der Waals surface area contributed by atoms with Gasteiger partial charge >= 0.3 is 0 Å². The third kappa shape index (κ3) is 5.33. The van der Waals surface area contributed by atoms with Crippen molar-refractivity contribution in [2.45, 2.75) is 33.7 Å². The van der Waals surface area contributed by atoms with E-state index in [0.717, 1.165) is 18.7 Å². The quantitative estimate of drug-likeness (QED) is 0.284. The molecule has 194 valence electrons. The van der Waals surface area contributed by atoms with Crippen molar-refractivity contribution in [1.82, 2.24) is 9.80 Å². The van der Waals surface area contributed by atoms with E-state index in [1.165, 1.54) is 12.0 Å². The Morgan fingerprint density at radius 1 is 1.00 bits per heavy atom. The molecule has 1 heterocycles. The van der Waals surface area contributed by atoms with Crippen LogP contribution in [0.5, 0.6) is 17.2 Å². The van der Waals surface area contributed by atoms with Gasteiger partial charge in [-0.05, 0) is 68.4 Å². The highest BCUT2D eigenvalue weighted by Crippen LogP contribution is 2.42. The first kappa shape index (κ1) is 27.1. The molecule has 8 heteroatoms. The average molecular weight is 497 g/mol. The number of rotatable bonds is 11. The van der Waals surface area contributed by atoms with Gasteiger partial charge in [-0.15, -0.1) is 0 Å². The molecule has 1 amide bonds. The SMILES string of the molecule is CCOc1ccc(C(O)=C2C(=O)C(=O)N(CCN(CC)CC)C2c2ccc(OC)c(OC)c2)c(C)c1. The maximum absolute atomic E-state index is 13.4. The number of amides is 1. The number of ether oxygens (including phenoxy) is 3. The van der Waals surface area contributed by atoms with Crippen molar-refractivity contribution in [2.75, 3.05) is 47.0 Å². The lowest BCUT2D eigenvalue weighted by molar-refractivity contribution is -0.140. The molecule has 36 heavy (non-hydrogen) atoms. The lowest BCUT2D eigenvalue weighted by atomic mass is 9.93. The van der Waals surface area contributed by atoms with Crippen LogP contribution in [0.15, 0.2) is 42.0 Å². The van der Waals surface area contributed by atoms with E-state index in [-0.39, 0.29) is 11.3 Å². The lowest BCUT2D eigenvalue weighted by Crippen LogP contribution is -2.38. The standard InChI is InChI=1S/C28H36N2O6/c1-7-29(8-2)14-15-30-25(19-10-13-22(34-5)23(17-19)35-6)24(27(32)28(30)33)26(31)21-12-11-20(36-9-3)16-18(21)4/h10-13,16-17,25,31H,7-9,14-15H2,1-6H3. The summed E-state index contributed by atoms with van der Waals surface area (Å²) in [5.74, 6) is 0.124. The van der Waals surface area contributed by atoms with Crippen molar-refractivity contribution in [1.29, 1.82) is 0 Å². The van der Waals surface area contributed by atoms with Crippen LogP contribution in [0.4, 0.5) is 0 Å². The van der Waals surface area contributed by atoms with E-state index >= 15 is 0 Å². The van der Waals surface area contributed by atoms with Crippen LogP contribution in [0.25, 0.3) is 5.76 Å². The van der Waals surface area contributed by atoms with Gasteiger partial charge in [0.05, 0.1) is 32.4 Å². The molecule has 1 fully saturated rings. The number of Topliss-reactive ketones (excluding diaryl/α,β-unsaturated/α-hetero) is 1. The second-order valence-electron chi connectivity index (χ2n) is 8.54. The lowest BCUT2D eigenvalue weighted by Gasteiger charge is -2.28. The summed E-state index contributed by atoms with van der Waals surface area (Å²) < 4.78 is 16.4. The van der Waals surface area contributed by atoms with E-state index in [1.54, 1.807) is 43.5 Å². The second kappa shape index (κ2) is 11.9. The molecule has 0 aromatic heterocycles. The fraction of sp³-hybridized carbons (Fsp3) is 0.429. The highest BCUT2D eigenvalue weighted by atomic mass is 16.5. The summed E-state index contributed by atoms with van der Waals surface area (Å²) >= 11 is 0. The molecule has 0 radical (unpaired) electrons. The first-order valence-electron chi connectivity index (χ1n) is 12.3. The van der Waals surface area contributed by atoms with Crippen LogP contribution >= 0.6 is 0 Å². The van der Waals surface area contributed by atoms with Gasteiger partial charge in [0.1, 0.15) is 11.5 Å². The molecule has 2 aromatic carbocycles. The van der Waals surface area contributed by atoms with E-state index in [0.29, 0.717) is 48.1 Å². The first-order valence-corrected chi connectivity index (χ1v) is 12.3. The number of hydrogen-bond acceptors (Lipinski definition) is 7. The van der Waals surface area contributed by atoms with Gasteiger partial charge in [0.2, 0.25) is 0 Å². The predicted molar refractivity (Wildman–Crippen MR) is 139 cm³/mol. The number of nitrogens with zero attached hydrogens (tertiary/aromatic N) is 2. The number of carbonyl (C=O) groups is 2. The van der Waals surface area contributed by atoms with E-state index in [9.17, 15) is 14.7 Å². The van der Waals surface area contributed by atoms with Crippen molar-refractivity contribution in [3.63, 3.8) is 0 Å². The normalized spacial score (nSPS) is 17.1. The summed E-state index contributed by atoms with van der Waals surface area (Å²) in [6, 6.07) is 9.77. The summed E-state index contributed by atoms with van der Waals surface area (Å²) in [7, 11) is 3.07. The smallest absolute Gasteiger partial charge is 0.295 e. The Morgan fingerprint density at radius 3 is 2.28 bits per heavy atom. The zero-order valence-corrected chi connectivity index (χ0v) is 22.0. The number of aryl methyl sites for hydroxylation is 1. The molecule has 8 nitrogen and oxygen atoms in total. The van der Waals surface area contributed by atoms with Crippen LogP contribution in [0.2, 0.25) is 0 Å². The summed E-state index contributed by atoms with van der Waals surface area (Å²) in [6.45, 7) is 10.9. The Hall–Kier alpha value is -3.52. The molecule has 2 aromatic rings. The van der Waals surface area contributed by atoms with E-state index < -0.39 is 17.7 Å². The van der Waals surface area contributed by atoms with Gasteiger partial charge in [-0.2, -0.15) is 0 Å². The zero-order valence-electron chi connectivity index (χ0n) is 22.0. The Balaban J connectivity index is 2.16. The van der Waals surface area contributed by atoms with Crippen LogP contribution in [-0.2, 0) is 9.59 Å². The number of methoxy groups -OCH3 is 2. The zero-order chi connectivity index (χ0) is 26.4. The molecule has 1 unspecified atom stereocenters. The maximum Gasteiger partial charge on any atom is 0.295 e. The summed E-state index contributed by atoms with van der Waals surface area (Å²) in [6.07, 6.45) is 0. The topological polar surface area (TPSA) is 88.5 Å². The number of ketones is 1. The molecule has 1 aliphatic heterocycles. The van der Waals surface area contributed by atoms with Gasteiger partial charge in [-0.25, -0.2) is 0 Å². The maximum atomic E-state index is 13.4. The minimum Gasteiger partial charge on any atom is -0.507 e. The first-order chi connectivity index (χ1) is 17.3. The van der Waals surface area contributed by atoms with Crippen LogP contribution in [-0.4, -0.2) is 73.6 Å². The van der Waals surface area contributed by atoms with Gasteiger partial charge in [-0.3, -0.25) is 9.59 Å². The molecular weight excluding hydrogens is 460 g/mol. The van der Waals surface area contributed by atoms with Gasteiger partial charge in [0.15, 0.2) is 11.5 Å². The van der Waals surface area contributed by atoms with Crippen LogP contribution in [0.1, 0.15) is 43.5 Å². The molecule has 1 saturated heterocycles.